The van der Waals surface area contributed by atoms with Crippen molar-refractivity contribution in [3.63, 3.8) is 0 Å². The molecule has 0 unspecified atom stereocenters. The van der Waals surface area contributed by atoms with Gasteiger partial charge in [-0.2, -0.15) is 5.10 Å². The largest absolute Gasteiger partial charge is 0.550 e. The molecule has 37 heavy (non-hydrogen) atoms. The molecule has 0 saturated heterocycles. The van der Waals surface area contributed by atoms with Gasteiger partial charge in [-0.25, -0.2) is 9.55 Å². The van der Waals surface area contributed by atoms with Gasteiger partial charge < -0.3 is 15.2 Å². The minimum absolute atomic E-state index is 0.248. The number of nitrogens with zero attached hydrogens (tertiary/aromatic N) is 4. The number of thiazole rings is 1. The van der Waals surface area contributed by atoms with Crippen LogP contribution >= 0.6 is 11.3 Å². The number of carbonyl (C=O) groups is 2. The first kappa shape index (κ1) is 24.8. The van der Waals surface area contributed by atoms with Gasteiger partial charge in [-0.15, -0.1) is 11.3 Å². The first-order valence-electron chi connectivity index (χ1n) is 12.4. The van der Waals surface area contributed by atoms with Crippen LogP contribution in [-0.4, -0.2) is 26.6 Å². The number of carbonyl (C=O) groups excluding carboxylic acids is 2. The Bertz CT molecular complexity index is 1380. The highest BCUT2D eigenvalue weighted by Gasteiger charge is 2.43. The summed E-state index contributed by atoms with van der Waals surface area (Å²) in [5, 5.41) is 21.6. The lowest BCUT2D eigenvalue weighted by molar-refractivity contribution is -0.671. The molecular weight excluding hydrogens is 486 g/mol. The zero-order valence-corrected chi connectivity index (χ0v) is 21.5. The van der Waals surface area contributed by atoms with Crippen molar-refractivity contribution in [1.29, 1.82) is 0 Å². The predicted octanol–water partition coefficient (Wildman–Crippen LogP) is 2.01. The fourth-order valence-corrected chi connectivity index (χ4v) is 5.71. The van der Waals surface area contributed by atoms with Crippen LogP contribution in [0.1, 0.15) is 34.5 Å². The second-order valence-electron chi connectivity index (χ2n) is 9.73. The topological polar surface area (TPSA) is 104 Å². The van der Waals surface area contributed by atoms with Crippen molar-refractivity contribution >= 4 is 23.2 Å². The molecule has 8 nitrogen and oxygen atoms in total. The molecule has 1 aliphatic carbocycles. The standard InChI is InChI=1S/C28H29N5O3S/c1-32-11-8-20(9-12-32)5-4-10-33-18-23(16-30-33)24-19-37-25(31-24)17-29-27(36)28(15-26(34)35)13-21-6-2-3-7-22(21)14-28/h2-3,6-9,11-12,16,18-19H,4-5,10,13-15,17H2,1H3,(H-,29,34,35,36). The van der Waals surface area contributed by atoms with Crippen molar-refractivity contribution in [1.82, 2.24) is 20.1 Å². The molecule has 0 fully saturated rings. The number of hydrogen-bond acceptors (Lipinski definition) is 6. The summed E-state index contributed by atoms with van der Waals surface area (Å²) in [5.74, 6) is -1.49. The van der Waals surface area contributed by atoms with Gasteiger partial charge in [0.2, 0.25) is 5.91 Å². The fraction of sp³-hybridized carbons (Fsp3) is 0.321. The van der Waals surface area contributed by atoms with Crippen molar-refractivity contribution in [2.75, 3.05) is 0 Å². The Labute approximate surface area is 219 Å². The molecule has 0 aliphatic heterocycles. The molecule has 1 N–H and O–H groups in total. The van der Waals surface area contributed by atoms with E-state index in [-0.39, 0.29) is 18.9 Å². The van der Waals surface area contributed by atoms with E-state index in [1.165, 1.54) is 16.9 Å². The van der Waals surface area contributed by atoms with Gasteiger partial charge >= 0.3 is 0 Å². The van der Waals surface area contributed by atoms with Crippen LogP contribution in [0, 0.1) is 5.41 Å². The van der Waals surface area contributed by atoms with Crippen molar-refractivity contribution in [2.24, 2.45) is 12.5 Å². The van der Waals surface area contributed by atoms with Crippen LogP contribution in [0.2, 0.25) is 0 Å². The number of aromatic nitrogens is 4. The van der Waals surface area contributed by atoms with Crippen LogP contribution in [0.5, 0.6) is 0 Å². The maximum atomic E-state index is 13.2. The molecule has 3 aromatic heterocycles. The predicted molar refractivity (Wildman–Crippen MR) is 137 cm³/mol. The molecule has 0 atom stereocenters. The highest BCUT2D eigenvalue weighted by atomic mass is 32.1. The Hall–Kier alpha value is -3.85. The molecule has 5 rings (SSSR count). The zero-order chi connectivity index (χ0) is 25.8. The van der Waals surface area contributed by atoms with Gasteiger partial charge in [0.05, 0.1) is 23.9 Å². The van der Waals surface area contributed by atoms with E-state index in [4.69, 9.17) is 0 Å². The lowest BCUT2D eigenvalue weighted by Crippen LogP contribution is -2.45. The zero-order valence-electron chi connectivity index (χ0n) is 20.7. The minimum atomic E-state index is -1.21. The van der Waals surface area contributed by atoms with Crippen molar-refractivity contribution < 1.29 is 19.3 Å². The van der Waals surface area contributed by atoms with Gasteiger partial charge in [-0.3, -0.25) is 9.48 Å². The number of carboxylic acids is 1. The van der Waals surface area contributed by atoms with Crippen LogP contribution in [0.25, 0.3) is 11.3 Å². The number of pyridine rings is 1. The van der Waals surface area contributed by atoms with Gasteiger partial charge in [0.15, 0.2) is 12.4 Å². The van der Waals surface area contributed by atoms with Crippen molar-refractivity contribution in [3.8, 4) is 11.3 Å². The summed E-state index contributed by atoms with van der Waals surface area (Å²) in [6.07, 6.45) is 10.4. The Morgan fingerprint density at radius 3 is 2.59 bits per heavy atom. The normalized spacial score (nSPS) is 13.9. The fourth-order valence-electron chi connectivity index (χ4n) is 4.97. The lowest BCUT2D eigenvalue weighted by Gasteiger charge is -2.28. The summed E-state index contributed by atoms with van der Waals surface area (Å²) in [7, 11) is 2.01. The third-order valence-electron chi connectivity index (χ3n) is 6.92. The molecule has 0 spiro atoms. The number of fused-ring (bicyclic) bond motifs is 1. The highest BCUT2D eigenvalue weighted by Crippen LogP contribution is 2.40. The molecule has 4 aromatic rings. The van der Waals surface area contributed by atoms with Crippen molar-refractivity contribution in [2.45, 2.75) is 45.2 Å². The average molecular weight is 516 g/mol. The van der Waals surface area contributed by atoms with Crippen molar-refractivity contribution in [3.05, 3.63) is 88.3 Å². The Kier molecular flexibility index (Phi) is 7.14. The molecular formula is C28H29N5O3S. The smallest absolute Gasteiger partial charge is 0.227 e. The molecule has 1 aliphatic rings. The summed E-state index contributed by atoms with van der Waals surface area (Å²) in [6.45, 7) is 1.06. The second-order valence-corrected chi connectivity index (χ2v) is 10.7. The summed E-state index contributed by atoms with van der Waals surface area (Å²) >= 11 is 1.46. The molecule has 0 saturated carbocycles. The van der Waals surface area contributed by atoms with E-state index in [1.807, 2.05) is 58.3 Å². The summed E-state index contributed by atoms with van der Waals surface area (Å²) in [4.78, 5) is 29.4. The van der Waals surface area contributed by atoms with Crippen LogP contribution in [0.4, 0.5) is 0 Å². The number of nitrogens with one attached hydrogen (secondary N) is 1. The molecule has 190 valence electrons. The van der Waals surface area contributed by atoms with Crippen LogP contribution in [-0.2, 0) is 49.0 Å². The van der Waals surface area contributed by atoms with E-state index in [2.05, 4.69) is 39.9 Å². The minimum Gasteiger partial charge on any atom is -0.550 e. The lowest BCUT2D eigenvalue weighted by atomic mass is 9.80. The first-order chi connectivity index (χ1) is 17.9. The van der Waals surface area contributed by atoms with Gasteiger partial charge in [0, 0.05) is 48.2 Å². The van der Waals surface area contributed by atoms with Gasteiger partial charge in [-0.1, -0.05) is 24.3 Å². The molecule has 1 amide bonds. The summed E-state index contributed by atoms with van der Waals surface area (Å²) in [6, 6.07) is 12.0. The number of carboxylic acid groups (broad SMARTS) is 1. The number of hydrogen-bond donors (Lipinski definition) is 1. The van der Waals surface area contributed by atoms with E-state index in [1.54, 1.807) is 0 Å². The third kappa shape index (κ3) is 5.77. The Balaban J connectivity index is 1.17. The number of amides is 1. The molecule has 0 bridgehead atoms. The van der Waals surface area contributed by atoms with Crippen LogP contribution < -0.4 is 15.0 Å². The highest BCUT2D eigenvalue weighted by molar-refractivity contribution is 7.09. The maximum Gasteiger partial charge on any atom is 0.227 e. The van der Waals surface area contributed by atoms with E-state index in [9.17, 15) is 14.7 Å². The number of aryl methyl sites for hydroxylation is 3. The maximum absolute atomic E-state index is 13.2. The van der Waals surface area contributed by atoms with Gasteiger partial charge in [0.1, 0.15) is 12.1 Å². The third-order valence-corrected chi connectivity index (χ3v) is 7.77. The number of benzene rings is 1. The second kappa shape index (κ2) is 10.6. The van der Waals surface area contributed by atoms with E-state index in [0.717, 1.165) is 46.8 Å². The quantitative estimate of drug-likeness (QED) is 0.326. The first-order valence-corrected chi connectivity index (χ1v) is 13.2. The molecule has 9 heteroatoms. The molecule has 1 aromatic carbocycles. The Morgan fingerprint density at radius 2 is 1.89 bits per heavy atom. The van der Waals surface area contributed by atoms with E-state index in [0.29, 0.717) is 12.8 Å². The van der Waals surface area contributed by atoms with Gasteiger partial charge in [0.25, 0.3) is 0 Å². The van der Waals surface area contributed by atoms with Gasteiger partial charge in [-0.05, 0) is 42.4 Å². The average Bonchev–Trinajstić information content (AvgIpc) is 3.62. The molecule has 0 radical (unpaired) electrons. The van der Waals surface area contributed by atoms with Crippen LogP contribution in [0.3, 0.4) is 0 Å². The number of aliphatic carboxylic acids is 1. The summed E-state index contributed by atoms with van der Waals surface area (Å²) in [5.41, 5.74) is 4.06. The SMILES string of the molecule is C[n+]1ccc(CCCn2cc(-c3csc(CNC(=O)C4(CC(=O)[O-])Cc5ccccc5C4)n3)cn2)cc1. The summed E-state index contributed by atoms with van der Waals surface area (Å²) < 4.78 is 3.96. The van der Waals surface area contributed by atoms with E-state index >= 15 is 0 Å². The number of rotatable bonds is 10. The molecule has 3 heterocycles. The monoisotopic (exact) mass is 515 g/mol. The van der Waals surface area contributed by atoms with E-state index < -0.39 is 11.4 Å². The Morgan fingerprint density at radius 1 is 1.16 bits per heavy atom. The van der Waals surface area contributed by atoms with Crippen LogP contribution in [0.15, 0.2) is 66.6 Å².